The predicted octanol–water partition coefficient (Wildman–Crippen LogP) is 3.52. The number of rotatable bonds is 4. The molecule has 0 spiro atoms. The van der Waals surface area contributed by atoms with Crippen molar-refractivity contribution in [2.45, 2.75) is 18.9 Å². The van der Waals surface area contributed by atoms with Gasteiger partial charge in [-0.3, -0.25) is 0 Å². The molecule has 0 unspecified atom stereocenters. The van der Waals surface area contributed by atoms with E-state index < -0.39 is 5.60 Å². The minimum Gasteiger partial charge on any atom is -0.493 e. The lowest BCUT2D eigenvalue weighted by Crippen LogP contribution is -2.38. The molecule has 0 amide bonds. The van der Waals surface area contributed by atoms with Gasteiger partial charge in [0.25, 0.3) is 0 Å². The fourth-order valence-corrected chi connectivity index (χ4v) is 4.98. The van der Waals surface area contributed by atoms with Crippen molar-refractivity contribution in [2.24, 2.45) is 11.8 Å². The summed E-state index contributed by atoms with van der Waals surface area (Å²) in [5, 5.41) is 0. The van der Waals surface area contributed by atoms with Crippen LogP contribution in [0.15, 0.2) is 24.3 Å². The highest BCUT2D eigenvalue weighted by Gasteiger charge is 2.55. The van der Waals surface area contributed by atoms with Gasteiger partial charge < -0.3 is 28.4 Å². The van der Waals surface area contributed by atoms with Crippen molar-refractivity contribution in [3.63, 3.8) is 0 Å². The fourth-order valence-electron chi connectivity index (χ4n) is 4.98. The second-order valence-corrected chi connectivity index (χ2v) is 7.58. The van der Waals surface area contributed by atoms with E-state index in [9.17, 15) is 0 Å². The molecule has 2 bridgehead atoms. The summed E-state index contributed by atoms with van der Waals surface area (Å²) in [6.07, 6.45) is 0.972. The van der Waals surface area contributed by atoms with Gasteiger partial charge in [0, 0.05) is 0 Å². The third-order valence-electron chi connectivity index (χ3n) is 6.45. The average Bonchev–Trinajstić information content (AvgIpc) is 3.26. The highest BCUT2D eigenvalue weighted by molar-refractivity contribution is 5.60. The van der Waals surface area contributed by atoms with E-state index in [0.29, 0.717) is 35.7 Å². The molecule has 0 saturated carbocycles. The van der Waals surface area contributed by atoms with E-state index in [1.54, 1.807) is 21.3 Å². The highest BCUT2D eigenvalue weighted by atomic mass is 16.7. The Hall–Kier alpha value is -2.60. The number of benzene rings is 2. The number of methoxy groups -OCH3 is 3. The lowest BCUT2D eigenvalue weighted by atomic mass is 9.66. The first-order chi connectivity index (χ1) is 13.6. The standard InChI is InChI=1S/C22H24O6/c1-12-14-5-13-6-17-18(27-11-26-17)9-16(13)22(12,28-10-14)15-7-19(23-2)21(25-4)20(8-15)24-3/h6-9,12,14H,5,10-11H2,1-4H3/t12-,14-,22-/m0/s1. The molecule has 3 aliphatic rings. The Bertz CT molecular complexity index is 914. The van der Waals surface area contributed by atoms with Crippen LogP contribution in [0.3, 0.4) is 0 Å². The van der Waals surface area contributed by atoms with Gasteiger partial charge in [0.15, 0.2) is 23.0 Å². The molecule has 1 aliphatic carbocycles. The van der Waals surface area contributed by atoms with Crippen molar-refractivity contribution in [3.8, 4) is 28.7 Å². The molecule has 1 fully saturated rings. The molecule has 6 nitrogen and oxygen atoms in total. The SMILES string of the molecule is COc1cc([C@]23OC[C@H](Cc4cc5c(cc42)OCO5)[C@@H]3C)cc(OC)c1OC. The van der Waals surface area contributed by atoms with Gasteiger partial charge in [-0.2, -0.15) is 0 Å². The van der Waals surface area contributed by atoms with Crippen molar-refractivity contribution in [2.75, 3.05) is 34.7 Å². The molecule has 5 rings (SSSR count). The van der Waals surface area contributed by atoms with Gasteiger partial charge >= 0.3 is 0 Å². The third-order valence-corrected chi connectivity index (χ3v) is 6.45. The first-order valence-corrected chi connectivity index (χ1v) is 9.49. The van der Waals surface area contributed by atoms with E-state index in [1.165, 1.54) is 5.56 Å². The summed E-state index contributed by atoms with van der Waals surface area (Å²) in [5.74, 6) is 4.14. The lowest BCUT2D eigenvalue weighted by molar-refractivity contribution is 0.0131. The number of ether oxygens (including phenoxy) is 6. The summed E-state index contributed by atoms with van der Waals surface area (Å²) in [6.45, 7) is 3.22. The number of hydrogen-bond donors (Lipinski definition) is 0. The van der Waals surface area contributed by atoms with Gasteiger partial charge in [-0.15, -0.1) is 0 Å². The zero-order chi connectivity index (χ0) is 19.5. The van der Waals surface area contributed by atoms with Crippen LogP contribution in [0, 0.1) is 11.8 Å². The van der Waals surface area contributed by atoms with Crippen LogP contribution in [0.5, 0.6) is 28.7 Å². The molecule has 148 valence electrons. The van der Waals surface area contributed by atoms with Crippen molar-refractivity contribution in [3.05, 3.63) is 41.0 Å². The normalized spacial score (nSPS) is 26.7. The highest BCUT2D eigenvalue weighted by Crippen LogP contribution is 2.58. The summed E-state index contributed by atoms with van der Waals surface area (Å²) in [6, 6.07) is 8.19. The quantitative estimate of drug-likeness (QED) is 0.804. The fraction of sp³-hybridized carbons (Fsp3) is 0.455. The molecule has 2 aromatic carbocycles. The van der Waals surface area contributed by atoms with Crippen LogP contribution >= 0.6 is 0 Å². The van der Waals surface area contributed by atoms with E-state index in [2.05, 4.69) is 19.1 Å². The van der Waals surface area contributed by atoms with E-state index in [1.807, 2.05) is 12.1 Å². The van der Waals surface area contributed by atoms with Crippen LogP contribution in [0.25, 0.3) is 0 Å². The van der Waals surface area contributed by atoms with Crippen LogP contribution in [0.4, 0.5) is 0 Å². The smallest absolute Gasteiger partial charge is 0.231 e. The minimum absolute atomic E-state index is 0.259. The van der Waals surface area contributed by atoms with Crippen molar-refractivity contribution in [1.29, 1.82) is 0 Å². The summed E-state index contributed by atoms with van der Waals surface area (Å²) < 4.78 is 34.6. The molecule has 0 radical (unpaired) electrons. The lowest BCUT2D eigenvalue weighted by Gasteiger charge is -2.40. The molecule has 2 aliphatic heterocycles. The Kier molecular flexibility index (Phi) is 3.88. The largest absolute Gasteiger partial charge is 0.493 e. The average molecular weight is 384 g/mol. The van der Waals surface area contributed by atoms with Gasteiger partial charge in [0.2, 0.25) is 12.5 Å². The zero-order valence-electron chi connectivity index (χ0n) is 16.5. The molecule has 0 N–H and O–H groups in total. The molecular weight excluding hydrogens is 360 g/mol. The van der Waals surface area contributed by atoms with Gasteiger partial charge in [0.05, 0.1) is 27.9 Å². The van der Waals surface area contributed by atoms with E-state index >= 15 is 0 Å². The summed E-state index contributed by atoms with van der Waals surface area (Å²) in [5.41, 5.74) is 2.79. The maximum absolute atomic E-state index is 6.57. The molecule has 6 heteroatoms. The third kappa shape index (κ3) is 2.18. The topological polar surface area (TPSA) is 55.4 Å². The second kappa shape index (κ2) is 6.21. The van der Waals surface area contributed by atoms with E-state index in [4.69, 9.17) is 28.4 Å². The van der Waals surface area contributed by atoms with Gasteiger partial charge in [-0.25, -0.2) is 0 Å². The maximum atomic E-state index is 6.57. The predicted molar refractivity (Wildman–Crippen MR) is 102 cm³/mol. The van der Waals surface area contributed by atoms with Crippen LogP contribution in [-0.2, 0) is 16.8 Å². The number of fused-ring (bicyclic) bond motifs is 5. The van der Waals surface area contributed by atoms with Gasteiger partial charge in [0.1, 0.15) is 5.60 Å². The molecule has 3 atom stereocenters. The van der Waals surface area contributed by atoms with Gasteiger partial charge in [-0.05, 0) is 59.2 Å². The first-order valence-electron chi connectivity index (χ1n) is 9.49. The van der Waals surface area contributed by atoms with Crippen LogP contribution in [0.1, 0.15) is 23.6 Å². The monoisotopic (exact) mass is 384 g/mol. The van der Waals surface area contributed by atoms with Gasteiger partial charge in [-0.1, -0.05) is 6.92 Å². The molecule has 28 heavy (non-hydrogen) atoms. The Morgan fingerprint density at radius 3 is 2.25 bits per heavy atom. The number of hydrogen-bond acceptors (Lipinski definition) is 6. The van der Waals surface area contributed by atoms with Crippen molar-refractivity contribution >= 4 is 0 Å². The van der Waals surface area contributed by atoms with Crippen molar-refractivity contribution < 1.29 is 28.4 Å². The first kappa shape index (κ1) is 17.5. The molecule has 0 aromatic heterocycles. The van der Waals surface area contributed by atoms with E-state index in [-0.39, 0.29) is 6.79 Å². The second-order valence-electron chi connectivity index (χ2n) is 7.58. The van der Waals surface area contributed by atoms with Crippen LogP contribution in [0.2, 0.25) is 0 Å². The maximum Gasteiger partial charge on any atom is 0.231 e. The zero-order valence-corrected chi connectivity index (χ0v) is 16.5. The summed E-state index contributed by atoms with van der Waals surface area (Å²) >= 11 is 0. The van der Waals surface area contributed by atoms with E-state index in [0.717, 1.165) is 29.0 Å². The summed E-state index contributed by atoms with van der Waals surface area (Å²) in [4.78, 5) is 0. The Morgan fingerprint density at radius 1 is 0.929 bits per heavy atom. The molecular formula is C22H24O6. The Morgan fingerprint density at radius 2 is 1.61 bits per heavy atom. The van der Waals surface area contributed by atoms with Crippen LogP contribution in [-0.4, -0.2) is 34.7 Å². The molecule has 1 saturated heterocycles. The summed E-state index contributed by atoms with van der Waals surface area (Å²) in [7, 11) is 4.88. The Balaban J connectivity index is 1.76. The molecule has 2 aromatic rings. The Labute approximate surface area is 164 Å². The minimum atomic E-state index is -0.591. The van der Waals surface area contributed by atoms with Crippen LogP contribution < -0.4 is 23.7 Å². The molecule has 2 heterocycles. The van der Waals surface area contributed by atoms with Crippen molar-refractivity contribution in [1.82, 2.24) is 0 Å².